The van der Waals surface area contributed by atoms with Gasteiger partial charge in [-0.05, 0) is 50.2 Å². The third kappa shape index (κ3) is 4.10. The van der Waals surface area contributed by atoms with Crippen molar-refractivity contribution >= 4 is 45.8 Å². The van der Waals surface area contributed by atoms with Gasteiger partial charge >= 0.3 is 0 Å². The van der Waals surface area contributed by atoms with E-state index in [1.807, 2.05) is 43.3 Å². The fraction of sp³-hybridized carbons (Fsp3) is 0.136. The number of nitrogens with one attached hydrogen (secondary N) is 1. The van der Waals surface area contributed by atoms with Crippen molar-refractivity contribution in [2.45, 2.75) is 20.0 Å². The summed E-state index contributed by atoms with van der Waals surface area (Å²) in [6.07, 6.45) is 0.829. The molecular weight excluding hydrogens is 423 g/mol. The molecule has 0 bridgehead atoms. The summed E-state index contributed by atoms with van der Waals surface area (Å²) >= 11 is 12.0. The number of hydrogen-bond acceptors (Lipinski definition) is 4. The molecule has 0 spiro atoms. The van der Waals surface area contributed by atoms with E-state index in [2.05, 4.69) is 15.4 Å². The van der Waals surface area contributed by atoms with E-state index in [9.17, 15) is 4.79 Å². The standard InChI is InChI=1S/C22H18Cl2N4O2/c1-13-18-11-16(12-25-21(18)28(27-13)17-6-4-3-5-7-17)26-22(29)14(2)30-20-9-8-15(23)10-19(20)24/h3-12,14H,1-2H3,(H,26,29). The van der Waals surface area contributed by atoms with Crippen LogP contribution in [-0.2, 0) is 4.79 Å². The van der Waals surface area contributed by atoms with Gasteiger partial charge in [-0.2, -0.15) is 5.10 Å². The highest BCUT2D eigenvalue weighted by atomic mass is 35.5. The third-order valence-corrected chi connectivity index (χ3v) is 5.07. The molecule has 1 N–H and O–H groups in total. The first-order valence-corrected chi connectivity index (χ1v) is 10.0. The number of amides is 1. The van der Waals surface area contributed by atoms with E-state index in [1.54, 1.807) is 36.0 Å². The molecule has 0 radical (unpaired) electrons. The number of anilines is 1. The summed E-state index contributed by atoms with van der Waals surface area (Å²) in [5.74, 6) is 0.0625. The molecule has 1 atom stereocenters. The van der Waals surface area contributed by atoms with Crippen LogP contribution in [0.15, 0.2) is 60.8 Å². The Hall–Kier alpha value is -3.09. The molecule has 2 heterocycles. The predicted octanol–water partition coefficient (Wildman–Crippen LogP) is 5.44. The lowest BCUT2D eigenvalue weighted by molar-refractivity contribution is -0.122. The Morgan fingerprint density at radius 3 is 2.63 bits per heavy atom. The molecule has 0 aliphatic heterocycles. The van der Waals surface area contributed by atoms with Gasteiger partial charge in [0, 0.05) is 10.4 Å². The van der Waals surface area contributed by atoms with Crippen LogP contribution in [0, 0.1) is 6.92 Å². The molecule has 0 aliphatic rings. The average Bonchev–Trinajstić information content (AvgIpc) is 3.07. The molecule has 0 saturated carbocycles. The molecule has 0 saturated heterocycles. The zero-order chi connectivity index (χ0) is 21.3. The van der Waals surface area contributed by atoms with Crippen LogP contribution in [0.25, 0.3) is 16.7 Å². The molecule has 2 aromatic carbocycles. The van der Waals surface area contributed by atoms with Crippen LogP contribution in [0.4, 0.5) is 5.69 Å². The Morgan fingerprint density at radius 2 is 1.90 bits per heavy atom. The van der Waals surface area contributed by atoms with E-state index in [0.29, 0.717) is 27.1 Å². The van der Waals surface area contributed by atoms with Gasteiger partial charge in [-0.25, -0.2) is 9.67 Å². The summed E-state index contributed by atoms with van der Waals surface area (Å²) in [4.78, 5) is 17.1. The van der Waals surface area contributed by atoms with Gasteiger partial charge in [0.15, 0.2) is 11.8 Å². The van der Waals surface area contributed by atoms with Gasteiger partial charge in [-0.1, -0.05) is 41.4 Å². The molecule has 4 aromatic rings. The maximum absolute atomic E-state index is 12.6. The van der Waals surface area contributed by atoms with Gasteiger partial charge in [0.2, 0.25) is 0 Å². The number of halogens is 2. The smallest absolute Gasteiger partial charge is 0.265 e. The third-order valence-electron chi connectivity index (χ3n) is 4.54. The molecule has 0 fully saturated rings. The largest absolute Gasteiger partial charge is 0.479 e. The van der Waals surface area contributed by atoms with Crippen LogP contribution in [-0.4, -0.2) is 26.8 Å². The zero-order valence-corrected chi connectivity index (χ0v) is 17.8. The fourth-order valence-electron chi connectivity index (χ4n) is 3.02. The molecule has 2 aromatic heterocycles. The molecule has 0 aliphatic carbocycles. The molecule has 152 valence electrons. The lowest BCUT2D eigenvalue weighted by atomic mass is 10.2. The van der Waals surface area contributed by atoms with Crippen molar-refractivity contribution in [2.24, 2.45) is 0 Å². The number of pyridine rings is 1. The number of fused-ring (bicyclic) bond motifs is 1. The topological polar surface area (TPSA) is 69.0 Å². The zero-order valence-electron chi connectivity index (χ0n) is 16.3. The van der Waals surface area contributed by atoms with E-state index in [-0.39, 0.29) is 5.91 Å². The number of para-hydroxylation sites is 1. The molecule has 4 rings (SSSR count). The van der Waals surface area contributed by atoms with E-state index >= 15 is 0 Å². The highest BCUT2D eigenvalue weighted by Gasteiger charge is 2.18. The Morgan fingerprint density at radius 1 is 1.13 bits per heavy atom. The maximum Gasteiger partial charge on any atom is 0.265 e. The van der Waals surface area contributed by atoms with Gasteiger partial charge in [-0.15, -0.1) is 0 Å². The predicted molar refractivity (Wildman–Crippen MR) is 119 cm³/mol. The lowest BCUT2D eigenvalue weighted by Crippen LogP contribution is -2.30. The monoisotopic (exact) mass is 440 g/mol. The van der Waals surface area contributed by atoms with Gasteiger partial charge in [0.1, 0.15) is 5.75 Å². The number of carbonyl (C=O) groups is 1. The number of rotatable bonds is 5. The summed E-state index contributed by atoms with van der Waals surface area (Å²) in [5.41, 5.74) is 3.01. The van der Waals surface area contributed by atoms with E-state index in [0.717, 1.165) is 16.8 Å². The SMILES string of the molecule is Cc1nn(-c2ccccc2)c2ncc(NC(=O)C(C)Oc3ccc(Cl)cc3Cl)cc12. The molecule has 6 nitrogen and oxygen atoms in total. The number of aryl methyl sites for hydroxylation is 1. The van der Waals surface area contributed by atoms with E-state index in [1.165, 1.54) is 0 Å². The van der Waals surface area contributed by atoms with Crippen LogP contribution in [0.5, 0.6) is 5.75 Å². The van der Waals surface area contributed by atoms with E-state index in [4.69, 9.17) is 27.9 Å². The van der Waals surface area contributed by atoms with E-state index < -0.39 is 6.10 Å². The van der Waals surface area contributed by atoms with Crippen LogP contribution < -0.4 is 10.1 Å². The Bertz CT molecular complexity index is 1220. The summed E-state index contributed by atoms with van der Waals surface area (Å²) in [5, 5.41) is 9.10. The summed E-state index contributed by atoms with van der Waals surface area (Å²) in [6.45, 7) is 3.55. The van der Waals surface area contributed by atoms with Crippen molar-refractivity contribution < 1.29 is 9.53 Å². The maximum atomic E-state index is 12.6. The number of ether oxygens (including phenoxy) is 1. The molecular formula is C22H18Cl2N4O2. The second kappa shape index (κ2) is 8.34. The molecule has 1 unspecified atom stereocenters. The van der Waals surface area contributed by atoms with Gasteiger partial charge in [-0.3, -0.25) is 4.79 Å². The summed E-state index contributed by atoms with van der Waals surface area (Å²) in [7, 11) is 0. The second-order valence-electron chi connectivity index (χ2n) is 6.75. The molecule has 30 heavy (non-hydrogen) atoms. The summed E-state index contributed by atoms with van der Waals surface area (Å²) < 4.78 is 7.45. The lowest BCUT2D eigenvalue weighted by Gasteiger charge is -2.15. The van der Waals surface area contributed by atoms with Crippen molar-refractivity contribution in [3.8, 4) is 11.4 Å². The van der Waals surface area contributed by atoms with Crippen LogP contribution in [0.2, 0.25) is 10.0 Å². The van der Waals surface area contributed by atoms with Gasteiger partial charge < -0.3 is 10.1 Å². The van der Waals surface area contributed by atoms with Crippen LogP contribution in [0.1, 0.15) is 12.6 Å². The summed E-state index contributed by atoms with van der Waals surface area (Å²) in [6, 6.07) is 16.5. The van der Waals surface area contributed by atoms with Crippen molar-refractivity contribution in [3.05, 3.63) is 76.5 Å². The first-order chi connectivity index (χ1) is 14.4. The van der Waals surface area contributed by atoms with Crippen molar-refractivity contribution in [3.63, 3.8) is 0 Å². The quantitative estimate of drug-likeness (QED) is 0.448. The minimum atomic E-state index is -0.771. The van der Waals surface area contributed by atoms with Crippen LogP contribution in [0.3, 0.4) is 0 Å². The van der Waals surface area contributed by atoms with Crippen LogP contribution >= 0.6 is 23.2 Å². The number of aromatic nitrogens is 3. The molecule has 8 heteroatoms. The highest BCUT2D eigenvalue weighted by Crippen LogP contribution is 2.28. The highest BCUT2D eigenvalue weighted by molar-refractivity contribution is 6.35. The number of carbonyl (C=O) groups excluding carboxylic acids is 1. The minimum Gasteiger partial charge on any atom is -0.479 e. The fourth-order valence-corrected chi connectivity index (χ4v) is 3.47. The second-order valence-corrected chi connectivity index (χ2v) is 7.60. The Balaban J connectivity index is 1.53. The van der Waals surface area contributed by atoms with Crippen molar-refractivity contribution in [1.82, 2.24) is 14.8 Å². The molecule has 1 amide bonds. The van der Waals surface area contributed by atoms with Crippen molar-refractivity contribution in [2.75, 3.05) is 5.32 Å². The van der Waals surface area contributed by atoms with Gasteiger partial charge in [0.05, 0.1) is 28.3 Å². The average molecular weight is 441 g/mol. The normalized spacial score (nSPS) is 12.0. The number of hydrogen-bond donors (Lipinski definition) is 1. The Kier molecular flexibility index (Phi) is 5.61. The van der Waals surface area contributed by atoms with Gasteiger partial charge in [0.25, 0.3) is 5.91 Å². The van der Waals surface area contributed by atoms with Crippen molar-refractivity contribution in [1.29, 1.82) is 0 Å². The number of benzene rings is 2. The minimum absolute atomic E-state index is 0.324. The first-order valence-electron chi connectivity index (χ1n) is 9.26. The first kappa shape index (κ1) is 20.2. The number of nitrogens with zero attached hydrogens (tertiary/aromatic N) is 3. The Labute approximate surface area is 183 Å².